The summed E-state index contributed by atoms with van der Waals surface area (Å²) >= 11 is 0. The summed E-state index contributed by atoms with van der Waals surface area (Å²) < 4.78 is 18.4. The van der Waals surface area contributed by atoms with Crippen molar-refractivity contribution in [3.63, 3.8) is 0 Å². The number of unbranched alkanes of at least 4 members (excludes halogenated alkanes) is 2. The maximum atomic E-state index is 6.15. The summed E-state index contributed by atoms with van der Waals surface area (Å²) in [5.74, 6) is 2.34. The second-order valence-electron chi connectivity index (χ2n) is 13.7. The van der Waals surface area contributed by atoms with Crippen LogP contribution < -0.4 is 14.8 Å². The van der Waals surface area contributed by atoms with Crippen LogP contribution >= 0.6 is 0 Å². The zero-order chi connectivity index (χ0) is 32.1. The Hall–Kier alpha value is -3.07. The van der Waals surface area contributed by atoms with Gasteiger partial charge < -0.3 is 24.1 Å². The summed E-state index contributed by atoms with van der Waals surface area (Å²) in [4.78, 5) is 12.7. The summed E-state index contributed by atoms with van der Waals surface area (Å²) in [6.45, 7) is 13.2. The van der Waals surface area contributed by atoms with Crippen LogP contribution in [0.1, 0.15) is 77.6 Å². The van der Waals surface area contributed by atoms with Crippen molar-refractivity contribution in [1.82, 2.24) is 25.0 Å². The van der Waals surface area contributed by atoms with E-state index in [4.69, 9.17) is 18.9 Å². The molecule has 2 atom stereocenters. The minimum Gasteiger partial charge on any atom is -0.494 e. The maximum absolute atomic E-state index is 6.15. The number of ether oxygens (including phenoxy) is 2. The molecular weight excluding hydrogens is 586 g/mol. The number of oxazole rings is 1. The molecule has 0 radical (unpaired) electrons. The molecule has 2 aromatic carbocycles. The largest absolute Gasteiger partial charge is 0.494 e. The van der Waals surface area contributed by atoms with Crippen molar-refractivity contribution in [1.29, 1.82) is 0 Å². The lowest BCUT2D eigenvalue weighted by atomic mass is 10.2. The zero-order valence-electron chi connectivity index (χ0n) is 28.7. The minimum absolute atomic E-state index is 0.538. The summed E-state index contributed by atoms with van der Waals surface area (Å²) in [5.41, 5.74) is 2.54. The summed E-state index contributed by atoms with van der Waals surface area (Å²) in [6.07, 6.45) is 18.3. The van der Waals surface area contributed by atoms with Gasteiger partial charge in [0.15, 0.2) is 5.58 Å². The molecule has 3 aliphatic rings. The van der Waals surface area contributed by atoms with Gasteiger partial charge in [-0.3, -0.25) is 9.80 Å². The van der Waals surface area contributed by atoms with Gasteiger partial charge in [-0.25, -0.2) is 4.98 Å². The molecule has 3 aliphatic heterocycles. The topological polar surface area (TPSA) is 66.2 Å². The molecule has 1 aromatic heterocycles. The Balaban J connectivity index is 0.905. The number of hydrogen-bond acceptors (Lipinski definition) is 8. The Labute approximate surface area is 282 Å². The molecule has 3 fully saturated rings. The number of nitrogens with zero attached hydrogens (tertiary/aromatic N) is 4. The fraction of sp³-hybridized carbons (Fsp3) is 0.615. The van der Waals surface area contributed by atoms with E-state index in [0.29, 0.717) is 18.5 Å². The van der Waals surface area contributed by atoms with Gasteiger partial charge in [0.1, 0.15) is 17.0 Å². The third-order valence-corrected chi connectivity index (χ3v) is 10.1. The molecule has 8 nitrogen and oxygen atoms in total. The van der Waals surface area contributed by atoms with Crippen molar-refractivity contribution in [3.05, 3.63) is 54.7 Å². The van der Waals surface area contributed by atoms with Crippen LogP contribution in [0.4, 0.5) is 0 Å². The summed E-state index contributed by atoms with van der Waals surface area (Å²) in [6, 6.07) is 15.3. The van der Waals surface area contributed by atoms with E-state index in [1.807, 2.05) is 42.5 Å². The lowest BCUT2D eigenvalue weighted by molar-refractivity contribution is 0.178. The zero-order valence-corrected chi connectivity index (χ0v) is 28.7. The molecule has 0 amide bonds. The third kappa shape index (κ3) is 9.97. The highest BCUT2D eigenvalue weighted by Gasteiger charge is 2.27. The van der Waals surface area contributed by atoms with E-state index >= 15 is 0 Å². The number of fused-ring (bicyclic) bond motifs is 1. The van der Waals surface area contributed by atoms with Crippen LogP contribution in [0.5, 0.6) is 11.5 Å². The number of nitrogens with one attached hydrogen (secondary N) is 1. The van der Waals surface area contributed by atoms with E-state index < -0.39 is 0 Å². The number of aromatic nitrogens is 1. The van der Waals surface area contributed by atoms with E-state index in [2.05, 4.69) is 39.2 Å². The second-order valence-corrected chi connectivity index (χ2v) is 13.7. The first-order chi connectivity index (χ1) is 23.2. The van der Waals surface area contributed by atoms with E-state index in [0.717, 1.165) is 73.3 Å². The Kier molecular flexibility index (Phi) is 12.9. The molecule has 256 valence electrons. The average Bonchev–Trinajstić information content (AvgIpc) is 3.92. The lowest BCUT2D eigenvalue weighted by Crippen LogP contribution is -2.40. The highest BCUT2D eigenvalue weighted by atomic mass is 16.5. The summed E-state index contributed by atoms with van der Waals surface area (Å²) in [7, 11) is 0. The Morgan fingerprint density at radius 2 is 1.57 bits per heavy atom. The molecule has 2 unspecified atom stereocenters. The van der Waals surface area contributed by atoms with Gasteiger partial charge in [0, 0.05) is 49.9 Å². The maximum Gasteiger partial charge on any atom is 0.227 e. The predicted octanol–water partition coefficient (Wildman–Crippen LogP) is 7.35. The van der Waals surface area contributed by atoms with Gasteiger partial charge in [0.25, 0.3) is 0 Å². The molecule has 1 N–H and O–H groups in total. The van der Waals surface area contributed by atoms with E-state index in [-0.39, 0.29) is 0 Å². The van der Waals surface area contributed by atoms with E-state index in [9.17, 15) is 0 Å². The SMILES string of the molecule is CCCCCN/C=C/C1CCCN1CCCOc1ccc2nc(-c3ccc(OCCCN4CCCC4CN4CCCC4)cc3)oc2c1. The van der Waals surface area contributed by atoms with Crippen molar-refractivity contribution >= 4 is 11.1 Å². The van der Waals surface area contributed by atoms with Gasteiger partial charge in [-0.15, -0.1) is 0 Å². The molecule has 0 saturated carbocycles. The number of rotatable bonds is 19. The molecule has 4 heterocycles. The molecule has 3 aromatic rings. The summed E-state index contributed by atoms with van der Waals surface area (Å²) in [5, 5.41) is 3.46. The quantitative estimate of drug-likeness (QED) is 0.136. The molecule has 3 saturated heterocycles. The monoisotopic (exact) mass is 643 g/mol. The first-order valence-corrected chi connectivity index (χ1v) is 18.6. The molecule has 6 rings (SSSR count). The fourth-order valence-corrected chi connectivity index (χ4v) is 7.47. The van der Waals surface area contributed by atoms with Gasteiger partial charge in [-0.2, -0.15) is 0 Å². The molecule has 0 bridgehead atoms. The minimum atomic E-state index is 0.538. The fourth-order valence-electron chi connectivity index (χ4n) is 7.47. The van der Waals surface area contributed by atoms with Crippen LogP contribution in [0.2, 0.25) is 0 Å². The van der Waals surface area contributed by atoms with Crippen molar-refractivity contribution in [2.75, 3.05) is 65.6 Å². The second kappa shape index (κ2) is 17.9. The highest BCUT2D eigenvalue weighted by Crippen LogP contribution is 2.29. The Morgan fingerprint density at radius 3 is 2.40 bits per heavy atom. The number of benzene rings is 2. The van der Waals surface area contributed by atoms with Gasteiger partial charge in [-0.05, 0) is 127 Å². The van der Waals surface area contributed by atoms with Crippen LogP contribution in [0, 0.1) is 0 Å². The van der Waals surface area contributed by atoms with Crippen LogP contribution in [0.25, 0.3) is 22.6 Å². The van der Waals surface area contributed by atoms with Crippen molar-refractivity contribution in [2.45, 2.75) is 89.6 Å². The molecule has 0 aliphatic carbocycles. The Bertz CT molecular complexity index is 1370. The average molecular weight is 644 g/mol. The molecule has 47 heavy (non-hydrogen) atoms. The van der Waals surface area contributed by atoms with Crippen molar-refractivity contribution in [3.8, 4) is 23.0 Å². The van der Waals surface area contributed by atoms with Crippen LogP contribution in [0.3, 0.4) is 0 Å². The standard InChI is InChI=1S/C39H57N5O3/c1-2-3-4-20-40-21-19-33-11-7-24-43(33)26-9-29-46-36-17-18-37-38(30-36)47-39(41-37)32-13-15-35(16-14-32)45-28-10-27-44-25-8-12-34(44)31-42-22-5-6-23-42/h13-19,21,30,33-34,40H,2-12,20,22-29,31H2,1H3/b21-19+. The number of hydrogen-bond donors (Lipinski definition) is 1. The molecule has 0 spiro atoms. The highest BCUT2D eigenvalue weighted by molar-refractivity contribution is 5.77. The van der Waals surface area contributed by atoms with E-state index in [1.165, 1.54) is 90.5 Å². The molecular formula is C39H57N5O3. The van der Waals surface area contributed by atoms with Crippen molar-refractivity contribution < 1.29 is 13.9 Å². The Morgan fingerprint density at radius 1 is 0.830 bits per heavy atom. The van der Waals surface area contributed by atoms with Crippen LogP contribution in [-0.2, 0) is 0 Å². The van der Waals surface area contributed by atoms with Crippen molar-refractivity contribution in [2.24, 2.45) is 0 Å². The normalized spacial score (nSPS) is 21.0. The lowest BCUT2D eigenvalue weighted by Gasteiger charge is -2.28. The third-order valence-electron chi connectivity index (χ3n) is 10.1. The van der Waals surface area contributed by atoms with E-state index in [1.54, 1.807) is 0 Å². The number of likely N-dealkylation sites (tertiary alicyclic amines) is 3. The van der Waals surface area contributed by atoms with Gasteiger partial charge in [0.2, 0.25) is 5.89 Å². The first kappa shape index (κ1) is 33.8. The van der Waals surface area contributed by atoms with Gasteiger partial charge in [-0.1, -0.05) is 25.8 Å². The van der Waals surface area contributed by atoms with Gasteiger partial charge in [0.05, 0.1) is 13.2 Å². The smallest absolute Gasteiger partial charge is 0.227 e. The van der Waals surface area contributed by atoms with Gasteiger partial charge >= 0.3 is 0 Å². The predicted molar refractivity (Wildman–Crippen MR) is 191 cm³/mol. The molecule has 8 heteroatoms. The first-order valence-electron chi connectivity index (χ1n) is 18.6. The van der Waals surface area contributed by atoms with Crippen LogP contribution in [-0.4, -0.2) is 97.3 Å². The van der Waals surface area contributed by atoms with Crippen LogP contribution in [0.15, 0.2) is 59.2 Å².